The molecule has 8 nitrogen and oxygen atoms in total. The number of anilines is 1. The van der Waals surface area contributed by atoms with E-state index in [1.54, 1.807) is 24.4 Å². The fraction of sp³-hybridized carbons (Fsp3) is 0.486. The molecule has 1 aliphatic heterocycles. The van der Waals surface area contributed by atoms with E-state index >= 15 is 0 Å². The molecule has 4 atom stereocenters. The smallest absolute Gasteiger partial charge is 0.264 e. The lowest BCUT2D eigenvalue weighted by Crippen LogP contribution is -2.51. The molecule has 3 aromatic rings. The Hall–Kier alpha value is -2.92. The van der Waals surface area contributed by atoms with E-state index in [4.69, 9.17) is 16.3 Å². The number of benzene rings is 2. The number of aryl methyl sites for hydroxylation is 1. The number of ether oxygens (including phenoxy) is 1. The SMILES string of the molecule is CC/C=C/[C@](O)(c1nccs1)[C@@H]1CC[C@H]1CN1C[C@@]2(CCCc3cc(Cl)ccc32)COc2ccc(C(=O)NS(=O)(=O)C(C)C)cc21. The van der Waals surface area contributed by atoms with Gasteiger partial charge in [-0.3, -0.25) is 4.79 Å². The predicted octanol–water partition coefficient (Wildman–Crippen LogP) is 6.62. The number of rotatable bonds is 9. The highest BCUT2D eigenvalue weighted by molar-refractivity contribution is 7.90. The normalized spacial score (nSPS) is 24.1. The summed E-state index contributed by atoms with van der Waals surface area (Å²) < 4.78 is 33.9. The second-order valence-corrected chi connectivity index (χ2v) is 16.8. The molecule has 0 radical (unpaired) electrons. The maximum atomic E-state index is 13.2. The maximum Gasteiger partial charge on any atom is 0.264 e. The standard InChI is InChI=1S/C35H42ClN3O5S2/c1-4-5-15-35(41,33-37-16-17-45-33)29-11-8-26(29)20-39-21-34(14-6-7-24-18-27(36)10-12-28(24)34)22-44-31-13-9-25(19-30(31)39)32(40)38-46(42,43)23(2)3/h5,9-10,12-13,15-19,23,26,29,41H,4,6-8,11,14,20-22H2,1-3H3,(H,38,40)/b15-5+/t26-,29+,34-,35+/m0/s1. The van der Waals surface area contributed by atoms with Crippen molar-refractivity contribution in [1.82, 2.24) is 9.71 Å². The minimum atomic E-state index is -3.81. The summed E-state index contributed by atoms with van der Waals surface area (Å²) in [6, 6.07) is 11.3. The molecule has 0 bridgehead atoms. The van der Waals surface area contributed by atoms with Crippen molar-refractivity contribution in [3.63, 3.8) is 0 Å². The molecule has 2 N–H and O–H groups in total. The number of sulfonamides is 1. The third kappa shape index (κ3) is 6.21. The van der Waals surface area contributed by atoms with Crippen LogP contribution < -0.4 is 14.4 Å². The molecule has 2 aromatic carbocycles. The lowest BCUT2D eigenvalue weighted by atomic mass is 9.64. The summed E-state index contributed by atoms with van der Waals surface area (Å²) in [6.07, 6.45) is 11.2. The second kappa shape index (κ2) is 12.9. The summed E-state index contributed by atoms with van der Waals surface area (Å²) in [6.45, 7) is 6.88. The van der Waals surface area contributed by atoms with Crippen LogP contribution in [0.5, 0.6) is 5.75 Å². The van der Waals surface area contributed by atoms with E-state index in [1.807, 2.05) is 23.6 Å². The number of aliphatic hydroxyl groups is 1. The Kier molecular flexibility index (Phi) is 9.28. The van der Waals surface area contributed by atoms with Crippen molar-refractivity contribution in [2.24, 2.45) is 11.8 Å². The molecule has 0 saturated heterocycles. The van der Waals surface area contributed by atoms with Gasteiger partial charge in [-0.2, -0.15) is 0 Å². The Balaban J connectivity index is 1.39. The van der Waals surface area contributed by atoms with Crippen molar-refractivity contribution in [2.75, 3.05) is 24.6 Å². The van der Waals surface area contributed by atoms with Crippen LogP contribution in [0, 0.1) is 11.8 Å². The van der Waals surface area contributed by atoms with Crippen molar-refractivity contribution >= 4 is 44.6 Å². The molecule has 6 rings (SSSR count). The zero-order valence-electron chi connectivity index (χ0n) is 26.5. The summed E-state index contributed by atoms with van der Waals surface area (Å²) in [5.74, 6) is 0.0891. The first-order valence-corrected chi connectivity index (χ1v) is 18.9. The minimum Gasteiger partial charge on any atom is -0.490 e. The first-order valence-electron chi connectivity index (χ1n) is 16.1. The number of thiazole rings is 1. The van der Waals surface area contributed by atoms with Gasteiger partial charge in [0.2, 0.25) is 10.0 Å². The summed E-state index contributed by atoms with van der Waals surface area (Å²) in [5, 5.41) is 14.7. The number of nitrogens with zero attached hydrogens (tertiary/aromatic N) is 2. The lowest BCUT2D eigenvalue weighted by molar-refractivity contribution is -0.0500. The third-order valence-corrected chi connectivity index (χ3v) is 12.8. The van der Waals surface area contributed by atoms with Crippen LogP contribution in [0.2, 0.25) is 5.02 Å². The Morgan fingerprint density at radius 2 is 2.11 bits per heavy atom. The molecular weight excluding hydrogens is 642 g/mol. The Bertz CT molecular complexity index is 1730. The van der Waals surface area contributed by atoms with Crippen molar-refractivity contribution < 1.29 is 23.1 Å². The van der Waals surface area contributed by atoms with Gasteiger partial charge in [-0.05, 0) is 106 Å². The molecule has 1 spiro atoms. The van der Waals surface area contributed by atoms with Gasteiger partial charge in [-0.1, -0.05) is 30.7 Å². The molecule has 11 heteroatoms. The van der Waals surface area contributed by atoms with Crippen molar-refractivity contribution in [3.05, 3.63) is 86.8 Å². The highest BCUT2D eigenvalue weighted by Crippen LogP contribution is 2.51. The number of carbonyl (C=O) groups is 1. The number of hydrogen-bond donors (Lipinski definition) is 2. The van der Waals surface area contributed by atoms with Crippen LogP contribution in [0.3, 0.4) is 0 Å². The van der Waals surface area contributed by atoms with Crippen molar-refractivity contribution in [2.45, 2.75) is 75.6 Å². The van der Waals surface area contributed by atoms with E-state index in [-0.39, 0.29) is 22.8 Å². The number of nitrogens with one attached hydrogen (secondary N) is 1. The Morgan fingerprint density at radius 3 is 2.80 bits per heavy atom. The number of aromatic nitrogens is 1. The number of allylic oxidation sites excluding steroid dienone is 1. The van der Waals surface area contributed by atoms with Crippen LogP contribution in [0.1, 0.15) is 79.4 Å². The van der Waals surface area contributed by atoms with Crippen LogP contribution in [-0.2, 0) is 27.5 Å². The van der Waals surface area contributed by atoms with Gasteiger partial charge in [0, 0.05) is 46.6 Å². The van der Waals surface area contributed by atoms with Gasteiger partial charge in [-0.25, -0.2) is 18.1 Å². The van der Waals surface area contributed by atoms with Gasteiger partial charge in [0.05, 0.1) is 17.5 Å². The van der Waals surface area contributed by atoms with E-state index in [0.717, 1.165) is 49.2 Å². The van der Waals surface area contributed by atoms with Crippen LogP contribution in [0.25, 0.3) is 0 Å². The number of hydrogen-bond acceptors (Lipinski definition) is 8. The molecule has 2 heterocycles. The van der Waals surface area contributed by atoms with Crippen LogP contribution in [0.4, 0.5) is 5.69 Å². The van der Waals surface area contributed by atoms with Crippen LogP contribution >= 0.6 is 22.9 Å². The van der Waals surface area contributed by atoms with Gasteiger partial charge >= 0.3 is 0 Å². The molecule has 1 fully saturated rings. The van der Waals surface area contributed by atoms with E-state index in [0.29, 0.717) is 30.5 Å². The van der Waals surface area contributed by atoms with Gasteiger partial charge in [0.25, 0.3) is 5.91 Å². The van der Waals surface area contributed by atoms with Gasteiger partial charge in [-0.15, -0.1) is 11.3 Å². The van der Waals surface area contributed by atoms with E-state index in [2.05, 4.69) is 33.7 Å². The molecule has 1 saturated carbocycles. The number of carbonyl (C=O) groups excluding carboxylic acids is 1. The average molecular weight is 684 g/mol. The molecule has 1 aromatic heterocycles. The van der Waals surface area contributed by atoms with Crippen LogP contribution in [0.15, 0.2) is 60.1 Å². The fourth-order valence-electron chi connectivity index (χ4n) is 7.28. The van der Waals surface area contributed by atoms with Gasteiger partial charge in [0.15, 0.2) is 0 Å². The largest absolute Gasteiger partial charge is 0.490 e. The number of halogens is 1. The van der Waals surface area contributed by atoms with Crippen LogP contribution in [-0.4, -0.2) is 49.4 Å². The molecule has 0 unspecified atom stereocenters. The average Bonchev–Trinajstić information content (AvgIpc) is 3.51. The Labute approximate surface area is 280 Å². The predicted molar refractivity (Wildman–Crippen MR) is 183 cm³/mol. The molecule has 1 amide bonds. The molecule has 2 aliphatic carbocycles. The van der Waals surface area contributed by atoms with E-state index in [1.165, 1.54) is 36.3 Å². The van der Waals surface area contributed by atoms with Gasteiger partial charge in [0.1, 0.15) is 16.4 Å². The number of fused-ring (bicyclic) bond motifs is 3. The highest BCUT2D eigenvalue weighted by atomic mass is 35.5. The molecule has 246 valence electrons. The first-order chi connectivity index (χ1) is 22.0. The molecular formula is C35H42ClN3O5S2. The zero-order valence-corrected chi connectivity index (χ0v) is 28.9. The Morgan fingerprint density at radius 1 is 1.28 bits per heavy atom. The van der Waals surface area contributed by atoms with Crippen molar-refractivity contribution in [3.8, 4) is 5.75 Å². The van der Waals surface area contributed by atoms with Gasteiger partial charge < -0.3 is 14.7 Å². The monoisotopic (exact) mass is 683 g/mol. The lowest BCUT2D eigenvalue weighted by Gasteiger charge is -2.48. The minimum absolute atomic E-state index is 0.0369. The molecule has 46 heavy (non-hydrogen) atoms. The first kappa shape index (κ1) is 33.0. The second-order valence-electron chi connectivity index (χ2n) is 13.2. The summed E-state index contributed by atoms with van der Waals surface area (Å²) >= 11 is 7.90. The van der Waals surface area contributed by atoms with E-state index in [9.17, 15) is 18.3 Å². The topological polar surface area (TPSA) is 109 Å². The fourth-order valence-corrected chi connectivity index (χ4v) is 8.87. The summed E-state index contributed by atoms with van der Waals surface area (Å²) in [4.78, 5) is 20.1. The van der Waals surface area contributed by atoms with Crippen molar-refractivity contribution in [1.29, 1.82) is 0 Å². The number of amides is 1. The summed E-state index contributed by atoms with van der Waals surface area (Å²) in [5.41, 5.74) is 1.98. The molecule has 3 aliphatic rings. The maximum absolute atomic E-state index is 13.2. The van der Waals surface area contributed by atoms with E-state index < -0.39 is 26.8 Å². The third-order valence-electron chi connectivity index (χ3n) is 9.98. The quantitative estimate of drug-likeness (QED) is 0.244. The summed E-state index contributed by atoms with van der Waals surface area (Å²) in [7, 11) is -3.81. The highest BCUT2D eigenvalue weighted by Gasteiger charge is 2.49. The zero-order chi connectivity index (χ0) is 32.7.